The van der Waals surface area contributed by atoms with Gasteiger partial charge in [0.15, 0.2) is 0 Å². The molecule has 37 heavy (non-hydrogen) atoms. The van der Waals surface area contributed by atoms with E-state index in [-0.39, 0.29) is 6.09 Å². The van der Waals surface area contributed by atoms with Gasteiger partial charge in [0.1, 0.15) is 11.7 Å². The maximum atomic E-state index is 12.4. The van der Waals surface area contributed by atoms with Crippen LogP contribution in [0.5, 0.6) is 0 Å². The van der Waals surface area contributed by atoms with Gasteiger partial charge in [0.05, 0.1) is 17.6 Å². The number of nitriles is 1. The first-order valence-corrected chi connectivity index (χ1v) is 13.1. The highest BCUT2D eigenvalue weighted by molar-refractivity contribution is 5.95. The third kappa shape index (κ3) is 4.15. The molecule has 1 aliphatic carbocycles. The lowest BCUT2D eigenvalue weighted by Gasteiger charge is -2.42. The number of pyridine rings is 1. The third-order valence-corrected chi connectivity index (χ3v) is 7.88. The summed E-state index contributed by atoms with van der Waals surface area (Å²) in [7, 11) is 0. The summed E-state index contributed by atoms with van der Waals surface area (Å²) in [6.45, 7) is 12.2. The Labute approximate surface area is 218 Å². The fraction of sp³-hybridized carbons (Fsp3) is 0.433. The standard InChI is InChI=1S/C30H33N5O2/c1-19-14-33(26-10-8-21(13-31)28-25(26)6-5-11-32-28)18-27-24-9-7-20(12-22(24)17-35(19)27)23-15-34(16-23)29(36)37-30(2,3)4/h5-8,10-12,19,23H,9,14-18H2,1-4H3/t19-/m1/s1. The second kappa shape index (κ2) is 8.65. The molecule has 3 aliphatic heterocycles. The van der Waals surface area contributed by atoms with E-state index in [4.69, 9.17) is 4.74 Å². The lowest BCUT2D eigenvalue weighted by atomic mass is 9.84. The van der Waals surface area contributed by atoms with Gasteiger partial charge in [-0.2, -0.15) is 5.26 Å². The predicted octanol–water partition coefficient (Wildman–Crippen LogP) is 5.01. The fourth-order valence-corrected chi connectivity index (χ4v) is 6.02. The maximum Gasteiger partial charge on any atom is 0.410 e. The molecule has 1 amide bonds. The van der Waals surface area contributed by atoms with E-state index in [0.717, 1.165) is 55.7 Å². The molecule has 0 spiro atoms. The van der Waals surface area contributed by atoms with Crippen molar-refractivity contribution in [1.82, 2.24) is 14.8 Å². The van der Waals surface area contributed by atoms with Gasteiger partial charge < -0.3 is 19.4 Å². The lowest BCUT2D eigenvalue weighted by molar-refractivity contribution is 0.00400. The molecule has 1 atom stereocenters. The number of carbonyl (C=O) groups excluding carboxylic acids is 1. The van der Waals surface area contributed by atoms with Crippen LogP contribution < -0.4 is 4.90 Å². The van der Waals surface area contributed by atoms with Crippen molar-refractivity contribution >= 4 is 22.7 Å². The van der Waals surface area contributed by atoms with Crippen molar-refractivity contribution in [2.24, 2.45) is 5.92 Å². The number of carbonyl (C=O) groups is 1. The maximum absolute atomic E-state index is 12.4. The Kier molecular flexibility index (Phi) is 5.52. The molecule has 2 saturated heterocycles. The van der Waals surface area contributed by atoms with Crippen LogP contribution in [0, 0.1) is 17.2 Å². The molecule has 0 unspecified atom stereocenters. The van der Waals surface area contributed by atoms with E-state index in [0.29, 0.717) is 17.5 Å². The zero-order valence-corrected chi connectivity index (χ0v) is 22.0. The van der Waals surface area contributed by atoms with E-state index >= 15 is 0 Å². The van der Waals surface area contributed by atoms with Gasteiger partial charge in [0.2, 0.25) is 0 Å². The first-order chi connectivity index (χ1) is 17.7. The molecule has 0 N–H and O–H groups in total. The van der Waals surface area contributed by atoms with Crippen molar-refractivity contribution in [2.45, 2.75) is 45.8 Å². The minimum absolute atomic E-state index is 0.215. The predicted molar refractivity (Wildman–Crippen MR) is 144 cm³/mol. The second-order valence-corrected chi connectivity index (χ2v) is 11.6. The molecule has 2 fully saturated rings. The summed E-state index contributed by atoms with van der Waals surface area (Å²) >= 11 is 0. The van der Waals surface area contributed by atoms with Crippen LogP contribution in [0.25, 0.3) is 10.9 Å². The smallest absolute Gasteiger partial charge is 0.410 e. The summed E-state index contributed by atoms with van der Waals surface area (Å²) in [6, 6.07) is 10.7. The van der Waals surface area contributed by atoms with E-state index < -0.39 is 5.60 Å². The van der Waals surface area contributed by atoms with Crippen molar-refractivity contribution in [1.29, 1.82) is 5.26 Å². The zero-order valence-electron chi connectivity index (χ0n) is 22.0. The fourth-order valence-electron chi connectivity index (χ4n) is 6.02. The minimum atomic E-state index is -0.463. The molecule has 1 aromatic carbocycles. The highest BCUT2D eigenvalue weighted by Gasteiger charge is 2.39. The number of benzene rings is 1. The summed E-state index contributed by atoms with van der Waals surface area (Å²) in [4.78, 5) is 23.7. The summed E-state index contributed by atoms with van der Waals surface area (Å²) in [5.41, 5.74) is 7.69. The Balaban J connectivity index is 1.21. The van der Waals surface area contributed by atoms with Gasteiger partial charge in [0, 0.05) is 61.1 Å². The number of amides is 1. The quantitative estimate of drug-likeness (QED) is 0.583. The number of ether oxygens (including phenoxy) is 1. The molecule has 1 aromatic heterocycles. The van der Waals surface area contributed by atoms with E-state index in [9.17, 15) is 10.1 Å². The molecule has 0 saturated carbocycles. The monoisotopic (exact) mass is 495 g/mol. The molecule has 190 valence electrons. The molecule has 6 rings (SSSR count). The molecule has 4 aliphatic rings. The Bertz CT molecular complexity index is 1420. The number of hydrogen-bond donors (Lipinski definition) is 0. The normalized spacial score (nSPS) is 21.7. The number of rotatable bonds is 2. The summed E-state index contributed by atoms with van der Waals surface area (Å²) in [5, 5.41) is 10.6. The number of nitrogens with zero attached hydrogens (tertiary/aromatic N) is 5. The molecule has 0 radical (unpaired) electrons. The van der Waals surface area contributed by atoms with Gasteiger partial charge in [-0.15, -0.1) is 0 Å². The zero-order chi connectivity index (χ0) is 25.9. The van der Waals surface area contributed by atoms with Gasteiger partial charge in [-0.3, -0.25) is 4.98 Å². The summed E-state index contributed by atoms with van der Waals surface area (Å²) in [5.74, 6) is 0.385. The molecule has 4 heterocycles. The third-order valence-electron chi connectivity index (χ3n) is 7.88. The Morgan fingerprint density at radius 1 is 1.16 bits per heavy atom. The summed E-state index contributed by atoms with van der Waals surface area (Å²) in [6.07, 6.45) is 7.21. The van der Waals surface area contributed by atoms with E-state index in [2.05, 4.69) is 52.1 Å². The lowest BCUT2D eigenvalue weighted by Crippen LogP contribution is -2.52. The van der Waals surface area contributed by atoms with Gasteiger partial charge in [-0.25, -0.2) is 4.79 Å². The average molecular weight is 496 g/mol. The topological polar surface area (TPSA) is 72.7 Å². The van der Waals surface area contributed by atoms with Crippen molar-refractivity contribution in [3.05, 3.63) is 70.6 Å². The first kappa shape index (κ1) is 23.6. The minimum Gasteiger partial charge on any atom is -0.444 e. The van der Waals surface area contributed by atoms with Crippen LogP contribution in [0.15, 0.2) is 65.0 Å². The van der Waals surface area contributed by atoms with Gasteiger partial charge in [-0.1, -0.05) is 12.2 Å². The van der Waals surface area contributed by atoms with Crippen LogP contribution in [0.4, 0.5) is 10.5 Å². The molecule has 7 nitrogen and oxygen atoms in total. The number of allylic oxidation sites excluding steroid dienone is 2. The van der Waals surface area contributed by atoms with Crippen molar-refractivity contribution in [3.8, 4) is 6.07 Å². The SMILES string of the molecule is C[C@@H]1CN(c2ccc(C#N)c3ncccc23)CC2=C3CC=C(C4CN(C(=O)OC(C)(C)C)C4)C=C3CN21. The second-order valence-electron chi connectivity index (χ2n) is 11.6. The van der Waals surface area contributed by atoms with Crippen molar-refractivity contribution in [3.63, 3.8) is 0 Å². The van der Waals surface area contributed by atoms with Crippen molar-refractivity contribution < 1.29 is 9.53 Å². The number of hydrogen-bond acceptors (Lipinski definition) is 6. The van der Waals surface area contributed by atoms with Crippen LogP contribution in [0.3, 0.4) is 0 Å². The van der Waals surface area contributed by atoms with Crippen LogP contribution in [-0.4, -0.2) is 65.2 Å². The van der Waals surface area contributed by atoms with Gasteiger partial charge >= 0.3 is 6.09 Å². The van der Waals surface area contributed by atoms with Gasteiger partial charge in [0.25, 0.3) is 0 Å². The Hall–Kier alpha value is -3.79. The van der Waals surface area contributed by atoms with E-state index in [1.54, 1.807) is 11.1 Å². The average Bonchev–Trinajstić information content (AvgIpc) is 3.20. The first-order valence-electron chi connectivity index (χ1n) is 13.1. The molecule has 2 aromatic rings. The van der Waals surface area contributed by atoms with Crippen LogP contribution in [0.1, 0.15) is 39.7 Å². The van der Waals surface area contributed by atoms with Crippen molar-refractivity contribution in [2.75, 3.05) is 37.6 Å². The highest BCUT2D eigenvalue weighted by Crippen LogP contribution is 2.42. The van der Waals surface area contributed by atoms with Crippen LogP contribution in [-0.2, 0) is 4.74 Å². The number of aromatic nitrogens is 1. The number of anilines is 1. The Morgan fingerprint density at radius 2 is 1.97 bits per heavy atom. The molecular weight excluding hydrogens is 462 g/mol. The van der Waals surface area contributed by atoms with Crippen LogP contribution >= 0.6 is 0 Å². The van der Waals surface area contributed by atoms with E-state index in [1.165, 1.54) is 22.4 Å². The molecule has 7 heteroatoms. The molecular formula is C30H33N5O2. The number of likely N-dealkylation sites (tertiary alicyclic amines) is 1. The van der Waals surface area contributed by atoms with Crippen LogP contribution in [0.2, 0.25) is 0 Å². The number of piperazine rings is 1. The number of fused-ring (bicyclic) bond motifs is 3. The van der Waals surface area contributed by atoms with Gasteiger partial charge in [-0.05, 0) is 75.1 Å². The highest BCUT2D eigenvalue weighted by atomic mass is 16.6. The largest absolute Gasteiger partial charge is 0.444 e. The Morgan fingerprint density at radius 3 is 2.73 bits per heavy atom. The molecule has 0 bridgehead atoms. The summed E-state index contributed by atoms with van der Waals surface area (Å²) < 4.78 is 5.52. The van der Waals surface area contributed by atoms with E-state index in [1.807, 2.05) is 32.9 Å².